The molecule has 2 rings (SSSR count). The van der Waals surface area contributed by atoms with Crippen LogP contribution in [0.25, 0.3) is 0 Å². The highest BCUT2D eigenvalue weighted by Gasteiger charge is 2.23. The SMILES string of the molecule is CC(=O)Nc1ccc(NC(=O)CN(C)S(=O)(=O)c2cccs2)cc1. The number of nitrogens with zero attached hydrogens (tertiary/aromatic N) is 1. The summed E-state index contributed by atoms with van der Waals surface area (Å²) in [7, 11) is -2.30. The molecule has 0 fully saturated rings. The Hall–Kier alpha value is -2.23. The van der Waals surface area contributed by atoms with Gasteiger partial charge in [0.2, 0.25) is 11.8 Å². The van der Waals surface area contributed by atoms with Crippen molar-refractivity contribution in [3.05, 3.63) is 41.8 Å². The van der Waals surface area contributed by atoms with Gasteiger partial charge in [-0.2, -0.15) is 4.31 Å². The molecule has 2 amide bonds. The molecule has 0 atom stereocenters. The average Bonchev–Trinajstić information content (AvgIpc) is 3.03. The molecule has 0 bridgehead atoms. The standard InChI is InChI=1S/C15H17N3O4S2/c1-11(19)16-12-5-7-13(8-6-12)17-14(20)10-18(2)24(21,22)15-4-3-9-23-15/h3-9H,10H2,1-2H3,(H,16,19)(H,17,20). The van der Waals surface area contributed by atoms with Gasteiger partial charge < -0.3 is 10.6 Å². The molecule has 0 aliphatic carbocycles. The fraction of sp³-hybridized carbons (Fsp3) is 0.200. The van der Waals surface area contributed by atoms with Crippen LogP contribution in [0, 0.1) is 0 Å². The fourth-order valence-corrected chi connectivity index (χ4v) is 4.22. The zero-order chi connectivity index (χ0) is 17.7. The molecule has 0 radical (unpaired) electrons. The average molecular weight is 367 g/mol. The number of amides is 2. The summed E-state index contributed by atoms with van der Waals surface area (Å²) in [5.74, 6) is -0.642. The molecular weight excluding hydrogens is 350 g/mol. The van der Waals surface area contributed by atoms with E-state index in [0.717, 1.165) is 15.6 Å². The quantitative estimate of drug-likeness (QED) is 0.816. The highest BCUT2D eigenvalue weighted by atomic mass is 32.2. The highest BCUT2D eigenvalue weighted by molar-refractivity contribution is 7.91. The second kappa shape index (κ2) is 7.56. The third kappa shape index (κ3) is 4.63. The predicted octanol–water partition coefficient (Wildman–Crippen LogP) is 1.97. The van der Waals surface area contributed by atoms with Crippen molar-refractivity contribution in [1.29, 1.82) is 0 Å². The summed E-state index contributed by atoms with van der Waals surface area (Å²) in [5, 5.41) is 6.90. The Morgan fingerprint density at radius 3 is 2.17 bits per heavy atom. The van der Waals surface area contributed by atoms with Gasteiger partial charge in [-0.3, -0.25) is 9.59 Å². The molecule has 24 heavy (non-hydrogen) atoms. The Kier molecular flexibility index (Phi) is 5.71. The van der Waals surface area contributed by atoms with Crippen molar-refractivity contribution in [3.8, 4) is 0 Å². The van der Waals surface area contributed by atoms with Crippen LogP contribution in [0.1, 0.15) is 6.92 Å². The number of hydrogen-bond donors (Lipinski definition) is 2. The zero-order valence-corrected chi connectivity index (χ0v) is 14.8. The smallest absolute Gasteiger partial charge is 0.252 e. The van der Waals surface area contributed by atoms with Crippen LogP contribution in [0.5, 0.6) is 0 Å². The normalized spacial score (nSPS) is 11.3. The number of nitrogens with one attached hydrogen (secondary N) is 2. The Labute approximate surface area is 144 Å². The number of rotatable bonds is 6. The molecule has 0 spiro atoms. The lowest BCUT2D eigenvalue weighted by atomic mass is 10.2. The van der Waals surface area contributed by atoms with Crippen molar-refractivity contribution in [1.82, 2.24) is 4.31 Å². The van der Waals surface area contributed by atoms with Gasteiger partial charge in [0.25, 0.3) is 10.0 Å². The molecule has 0 aliphatic heterocycles. The van der Waals surface area contributed by atoms with Crippen LogP contribution in [0.3, 0.4) is 0 Å². The van der Waals surface area contributed by atoms with Gasteiger partial charge in [0.05, 0.1) is 6.54 Å². The van der Waals surface area contributed by atoms with E-state index >= 15 is 0 Å². The molecule has 128 valence electrons. The van der Waals surface area contributed by atoms with E-state index in [-0.39, 0.29) is 16.7 Å². The monoisotopic (exact) mass is 367 g/mol. The predicted molar refractivity (Wildman–Crippen MR) is 93.5 cm³/mol. The minimum absolute atomic E-state index is 0.188. The molecule has 0 unspecified atom stereocenters. The van der Waals surface area contributed by atoms with E-state index in [2.05, 4.69) is 10.6 Å². The van der Waals surface area contributed by atoms with Crippen molar-refractivity contribution in [2.75, 3.05) is 24.2 Å². The molecule has 1 aromatic heterocycles. The van der Waals surface area contributed by atoms with E-state index in [1.165, 1.54) is 20.0 Å². The molecule has 0 saturated carbocycles. The van der Waals surface area contributed by atoms with Gasteiger partial charge in [0.15, 0.2) is 0 Å². The van der Waals surface area contributed by atoms with E-state index in [9.17, 15) is 18.0 Å². The minimum atomic E-state index is -3.66. The summed E-state index contributed by atoms with van der Waals surface area (Å²) >= 11 is 1.10. The first-order valence-electron chi connectivity index (χ1n) is 6.96. The number of hydrogen-bond acceptors (Lipinski definition) is 5. The molecular formula is C15H17N3O4S2. The molecule has 0 saturated heterocycles. The number of carbonyl (C=O) groups excluding carboxylic acids is 2. The number of anilines is 2. The maximum Gasteiger partial charge on any atom is 0.252 e. The second-order valence-electron chi connectivity index (χ2n) is 5.00. The third-order valence-electron chi connectivity index (χ3n) is 3.01. The summed E-state index contributed by atoms with van der Waals surface area (Å²) in [6, 6.07) is 9.66. The Bertz CT molecular complexity index is 815. The second-order valence-corrected chi connectivity index (χ2v) is 8.22. The first kappa shape index (κ1) is 18.1. The number of likely N-dealkylation sites (N-methyl/N-ethyl adjacent to an activating group) is 1. The van der Waals surface area contributed by atoms with Crippen molar-refractivity contribution < 1.29 is 18.0 Å². The van der Waals surface area contributed by atoms with E-state index in [1.807, 2.05) is 0 Å². The molecule has 1 aromatic carbocycles. The van der Waals surface area contributed by atoms with Crippen molar-refractivity contribution in [2.24, 2.45) is 0 Å². The first-order chi connectivity index (χ1) is 11.3. The number of sulfonamides is 1. The summed E-state index contributed by atoms with van der Waals surface area (Å²) in [6.07, 6.45) is 0. The van der Waals surface area contributed by atoms with Gasteiger partial charge in [-0.15, -0.1) is 11.3 Å². The van der Waals surface area contributed by atoms with Gasteiger partial charge in [-0.25, -0.2) is 8.42 Å². The lowest BCUT2D eigenvalue weighted by molar-refractivity contribution is -0.116. The Morgan fingerprint density at radius 1 is 1.08 bits per heavy atom. The summed E-state index contributed by atoms with van der Waals surface area (Å²) in [4.78, 5) is 23.0. The number of thiophene rings is 1. The topological polar surface area (TPSA) is 95.6 Å². The van der Waals surface area contributed by atoms with Gasteiger partial charge in [-0.1, -0.05) is 6.07 Å². The van der Waals surface area contributed by atoms with Crippen LogP contribution in [-0.2, 0) is 19.6 Å². The molecule has 1 heterocycles. The molecule has 0 aliphatic rings. The molecule has 9 heteroatoms. The van der Waals surface area contributed by atoms with Gasteiger partial charge >= 0.3 is 0 Å². The van der Waals surface area contributed by atoms with Crippen LogP contribution in [0.15, 0.2) is 46.0 Å². The fourth-order valence-electron chi connectivity index (χ4n) is 1.89. The summed E-state index contributed by atoms with van der Waals surface area (Å²) in [6.45, 7) is 1.10. The van der Waals surface area contributed by atoms with Crippen LogP contribution < -0.4 is 10.6 Å². The van der Waals surface area contributed by atoms with Crippen LogP contribution in [0.4, 0.5) is 11.4 Å². The first-order valence-corrected chi connectivity index (χ1v) is 9.28. The van der Waals surface area contributed by atoms with Crippen molar-refractivity contribution >= 4 is 44.5 Å². The van der Waals surface area contributed by atoms with Gasteiger partial charge in [0.1, 0.15) is 4.21 Å². The van der Waals surface area contributed by atoms with E-state index in [0.29, 0.717) is 11.4 Å². The highest BCUT2D eigenvalue weighted by Crippen LogP contribution is 2.20. The summed E-state index contributed by atoms with van der Waals surface area (Å²) < 4.78 is 25.7. The lowest BCUT2D eigenvalue weighted by Gasteiger charge is -2.15. The Balaban J connectivity index is 1.96. The van der Waals surface area contributed by atoms with Crippen LogP contribution >= 0.6 is 11.3 Å². The van der Waals surface area contributed by atoms with E-state index in [1.54, 1.807) is 35.7 Å². The molecule has 2 aromatic rings. The van der Waals surface area contributed by atoms with Crippen LogP contribution in [-0.4, -0.2) is 38.1 Å². The maximum atomic E-state index is 12.2. The lowest BCUT2D eigenvalue weighted by Crippen LogP contribution is -2.34. The molecule has 2 N–H and O–H groups in total. The maximum absolute atomic E-state index is 12.2. The van der Waals surface area contributed by atoms with Gasteiger partial charge in [-0.05, 0) is 35.7 Å². The van der Waals surface area contributed by atoms with Crippen LogP contribution in [0.2, 0.25) is 0 Å². The summed E-state index contributed by atoms with van der Waals surface area (Å²) in [5.41, 5.74) is 1.12. The van der Waals surface area contributed by atoms with Crippen molar-refractivity contribution in [3.63, 3.8) is 0 Å². The van der Waals surface area contributed by atoms with Gasteiger partial charge in [0, 0.05) is 25.3 Å². The minimum Gasteiger partial charge on any atom is -0.326 e. The largest absolute Gasteiger partial charge is 0.326 e. The van der Waals surface area contributed by atoms with Crippen molar-refractivity contribution in [2.45, 2.75) is 11.1 Å². The third-order valence-corrected chi connectivity index (χ3v) is 6.19. The number of benzene rings is 1. The van der Waals surface area contributed by atoms with E-state index in [4.69, 9.17) is 0 Å². The number of carbonyl (C=O) groups is 2. The Morgan fingerprint density at radius 2 is 1.67 bits per heavy atom. The zero-order valence-electron chi connectivity index (χ0n) is 13.1. The molecule has 7 nitrogen and oxygen atoms in total. The van der Waals surface area contributed by atoms with E-state index < -0.39 is 15.9 Å².